The van der Waals surface area contributed by atoms with Crippen LogP contribution in [0.1, 0.15) is 45.9 Å². The summed E-state index contributed by atoms with van der Waals surface area (Å²) in [7, 11) is 4.18. The fourth-order valence-corrected chi connectivity index (χ4v) is 5.24. The molecule has 1 unspecified atom stereocenters. The molecule has 0 bridgehead atoms. The first kappa shape index (κ1) is 27.6. The van der Waals surface area contributed by atoms with Crippen LogP contribution in [0.2, 0.25) is 0 Å². The molecule has 1 amide bonds. The summed E-state index contributed by atoms with van der Waals surface area (Å²) in [5, 5.41) is 11.5. The lowest BCUT2D eigenvalue weighted by Crippen LogP contribution is -2.29. The lowest BCUT2D eigenvalue weighted by Gasteiger charge is -2.25. The van der Waals surface area contributed by atoms with Crippen LogP contribution < -0.4 is 19.1 Å². The van der Waals surface area contributed by atoms with Crippen molar-refractivity contribution in [1.29, 1.82) is 0 Å². The third-order valence-electron chi connectivity index (χ3n) is 6.14. The summed E-state index contributed by atoms with van der Waals surface area (Å²) < 4.78 is 21.4. The number of amides is 1. The van der Waals surface area contributed by atoms with Gasteiger partial charge in [-0.1, -0.05) is 18.3 Å². The molecule has 1 fully saturated rings. The molecular weight excluding hydrogens is 524 g/mol. The molecule has 1 saturated heterocycles. The minimum Gasteiger partial charge on any atom is -0.507 e. The van der Waals surface area contributed by atoms with Crippen molar-refractivity contribution in [3.05, 3.63) is 69.7 Å². The van der Waals surface area contributed by atoms with Crippen molar-refractivity contribution >= 4 is 39.9 Å². The number of ether oxygens (including phenoxy) is 4. The van der Waals surface area contributed by atoms with E-state index in [1.807, 2.05) is 6.92 Å². The van der Waals surface area contributed by atoms with Gasteiger partial charge in [-0.25, -0.2) is 9.78 Å². The molecule has 11 heteroatoms. The number of benzene rings is 2. The Morgan fingerprint density at radius 1 is 1.05 bits per heavy atom. The smallest absolute Gasteiger partial charge is 0.350 e. The van der Waals surface area contributed by atoms with Gasteiger partial charge in [0.25, 0.3) is 5.78 Å². The number of carbonyl (C=O) groups excluding carboxylic acids is 3. The number of ketones is 1. The molecule has 1 aliphatic rings. The zero-order chi connectivity index (χ0) is 28.3. The molecule has 0 aliphatic carbocycles. The highest BCUT2D eigenvalue weighted by atomic mass is 32.1. The van der Waals surface area contributed by atoms with E-state index in [9.17, 15) is 19.5 Å². The number of hydrogen-bond acceptors (Lipinski definition) is 10. The monoisotopic (exact) mass is 552 g/mol. The average molecular weight is 553 g/mol. The van der Waals surface area contributed by atoms with E-state index in [2.05, 4.69) is 4.98 Å². The van der Waals surface area contributed by atoms with E-state index < -0.39 is 23.7 Å². The van der Waals surface area contributed by atoms with Gasteiger partial charge in [-0.2, -0.15) is 0 Å². The summed E-state index contributed by atoms with van der Waals surface area (Å²) in [6.07, 6.45) is 0.835. The van der Waals surface area contributed by atoms with E-state index in [0.29, 0.717) is 40.7 Å². The number of thiazole rings is 1. The van der Waals surface area contributed by atoms with Crippen molar-refractivity contribution in [3.8, 4) is 17.2 Å². The van der Waals surface area contributed by atoms with Crippen molar-refractivity contribution in [2.75, 3.05) is 32.8 Å². The van der Waals surface area contributed by atoms with E-state index in [1.165, 1.54) is 21.3 Å². The van der Waals surface area contributed by atoms with Crippen LogP contribution in [0, 0.1) is 6.92 Å². The Morgan fingerprint density at radius 2 is 1.74 bits per heavy atom. The molecule has 39 heavy (non-hydrogen) atoms. The van der Waals surface area contributed by atoms with Gasteiger partial charge in [0.05, 0.1) is 39.2 Å². The fraction of sp³-hybridized carbons (Fsp3) is 0.286. The summed E-state index contributed by atoms with van der Waals surface area (Å²) in [5.74, 6) is -1.43. The standard InChI is InChI=1S/C28H28N2O8S/c1-6-13-38-17-9-7-16(8-10-17)23(31)21-22(19-14-18(35-3)11-12-20(19)36-4)30(26(33)24(21)32)28-29-15(2)25(39-28)27(34)37-5/h7-12,14,22,31H,6,13H2,1-5H3/b23-21+. The number of hydrogen-bond donors (Lipinski definition) is 1. The zero-order valence-corrected chi connectivity index (χ0v) is 23.0. The normalized spacial score (nSPS) is 16.3. The van der Waals surface area contributed by atoms with Crippen LogP contribution in [0.4, 0.5) is 5.13 Å². The van der Waals surface area contributed by atoms with Crippen LogP contribution in [0.5, 0.6) is 17.2 Å². The predicted molar refractivity (Wildman–Crippen MR) is 145 cm³/mol. The quantitative estimate of drug-likeness (QED) is 0.174. The van der Waals surface area contributed by atoms with Gasteiger partial charge in [-0.05, 0) is 55.8 Å². The highest BCUT2D eigenvalue weighted by Gasteiger charge is 2.49. The van der Waals surface area contributed by atoms with Gasteiger partial charge in [0, 0.05) is 11.1 Å². The number of Topliss-reactive ketones (excluding diaryl/α,β-unsaturated/α-hetero) is 1. The van der Waals surface area contributed by atoms with Crippen molar-refractivity contribution in [2.24, 2.45) is 0 Å². The Kier molecular flexibility index (Phi) is 8.20. The van der Waals surface area contributed by atoms with Crippen LogP contribution in [0.25, 0.3) is 5.76 Å². The van der Waals surface area contributed by atoms with Gasteiger partial charge in [-0.15, -0.1) is 0 Å². The van der Waals surface area contributed by atoms with Gasteiger partial charge >= 0.3 is 11.9 Å². The van der Waals surface area contributed by atoms with Crippen LogP contribution >= 0.6 is 11.3 Å². The number of aliphatic hydroxyl groups excluding tert-OH is 1. The molecule has 3 aromatic rings. The second kappa shape index (κ2) is 11.6. The molecule has 1 aliphatic heterocycles. The number of aromatic nitrogens is 1. The number of rotatable bonds is 9. The first-order valence-corrected chi connectivity index (χ1v) is 12.9. The highest BCUT2D eigenvalue weighted by molar-refractivity contribution is 7.17. The first-order chi connectivity index (χ1) is 18.7. The molecule has 0 spiro atoms. The molecule has 204 valence electrons. The fourth-order valence-electron chi connectivity index (χ4n) is 4.23. The maximum Gasteiger partial charge on any atom is 0.350 e. The van der Waals surface area contributed by atoms with Crippen molar-refractivity contribution < 1.29 is 38.4 Å². The van der Waals surface area contributed by atoms with E-state index >= 15 is 0 Å². The Balaban J connectivity index is 1.94. The number of esters is 1. The van der Waals surface area contributed by atoms with Crippen molar-refractivity contribution in [1.82, 2.24) is 4.98 Å². The average Bonchev–Trinajstić information content (AvgIpc) is 3.46. The first-order valence-electron chi connectivity index (χ1n) is 12.1. The van der Waals surface area contributed by atoms with E-state index in [4.69, 9.17) is 18.9 Å². The van der Waals surface area contributed by atoms with Crippen LogP contribution in [-0.4, -0.2) is 55.7 Å². The molecule has 2 aromatic carbocycles. The summed E-state index contributed by atoms with van der Waals surface area (Å²) in [6, 6.07) is 10.4. The third kappa shape index (κ3) is 5.17. The molecule has 0 saturated carbocycles. The van der Waals surface area contributed by atoms with Gasteiger partial charge in [0.2, 0.25) is 0 Å². The van der Waals surface area contributed by atoms with E-state index in [0.717, 1.165) is 22.7 Å². The summed E-state index contributed by atoms with van der Waals surface area (Å²) in [4.78, 5) is 45.1. The van der Waals surface area contributed by atoms with E-state index in [-0.39, 0.29) is 21.3 Å². The van der Waals surface area contributed by atoms with Crippen molar-refractivity contribution in [3.63, 3.8) is 0 Å². The summed E-state index contributed by atoms with van der Waals surface area (Å²) in [6.45, 7) is 4.13. The van der Waals surface area contributed by atoms with Gasteiger partial charge < -0.3 is 24.1 Å². The Morgan fingerprint density at radius 3 is 2.36 bits per heavy atom. The number of aryl methyl sites for hydroxylation is 1. The topological polar surface area (TPSA) is 124 Å². The maximum atomic E-state index is 13.5. The maximum absolute atomic E-state index is 13.5. The molecular formula is C28H28N2O8S. The van der Waals surface area contributed by atoms with Gasteiger partial charge in [0.15, 0.2) is 5.13 Å². The van der Waals surface area contributed by atoms with Crippen LogP contribution in [0.3, 0.4) is 0 Å². The van der Waals surface area contributed by atoms with Gasteiger partial charge in [0.1, 0.15) is 33.9 Å². The zero-order valence-electron chi connectivity index (χ0n) is 22.1. The lowest BCUT2D eigenvalue weighted by atomic mass is 9.94. The molecule has 1 atom stereocenters. The number of methoxy groups -OCH3 is 3. The Labute approximate surface area is 229 Å². The number of carbonyl (C=O) groups is 3. The second-order valence-electron chi connectivity index (χ2n) is 8.55. The molecule has 0 radical (unpaired) electrons. The largest absolute Gasteiger partial charge is 0.507 e. The molecule has 1 aromatic heterocycles. The second-order valence-corrected chi connectivity index (χ2v) is 9.53. The summed E-state index contributed by atoms with van der Waals surface area (Å²) >= 11 is 0.911. The minimum absolute atomic E-state index is 0.0900. The Hall–Kier alpha value is -4.38. The minimum atomic E-state index is -1.14. The number of anilines is 1. The Bertz CT molecular complexity index is 1440. The predicted octanol–water partition coefficient (Wildman–Crippen LogP) is 4.67. The molecule has 4 rings (SSSR count). The molecule has 2 heterocycles. The lowest BCUT2D eigenvalue weighted by molar-refractivity contribution is -0.132. The third-order valence-corrected chi connectivity index (χ3v) is 7.28. The molecule has 1 N–H and O–H groups in total. The number of aliphatic hydroxyl groups is 1. The number of nitrogens with zero attached hydrogens (tertiary/aromatic N) is 2. The van der Waals surface area contributed by atoms with Crippen LogP contribution in [-0.2, 0) is 14.3 Å². The van der Waals surface area contributed by atoms with Crippen LogP contribution in [0.15, 0.2) is 48.0 Å². The SMILES string of the molecule is CCCOc1ccc(/C(O)=C2\C(=O)C(=O)N(c3nc(C)c(C(=O)OC)s3)C2c2cc(OC)ccc2OC)cc1. The molecule has 10 nitrogen and oxygen atoms in total. The van der Waals surface area contributed by atoms with E-state index in [1.54, 1.807) is 49.4 Å². The van der Waals surface area contributed by atoms with Crippen molar-refractivity contribution in [2.45, 2.75) is 26.3 Å². The highest BCUT2D eigenvalue weighted by Crippen LogP contribution is 2.47. The van der Waals surface area contributed by atoms with Gasteiger partial charge in [-0.3, -0.25) is 14.5 Å². The summed E-state index contributed by atoms with van der Waals surface area (Å²) in [5.41, 5.74) is 0.867.